The maximum absolute atomic E-state index is 14.0. The minimum absolute atomic E-state index is 0.00500. The van der Waals surface area contributed by atoms with Crippen molar-refractivity contribution in [1.29, 1.82) is 0 Å². The standard InChI is InChI=1S/C21H25F3N2O/c1-19(2,3)16-8-6-7-13-9-10-14(11-15(13)16)17(21(22,23)24)26-12-20(4,5)18(27)25-26/h6-11,17H,12H2,1-5H3,(H,25,27)/t17-/m0/s1. The highest BCUT2D eigenvalue weighted by atomic mass is 19.4. The third-order valence-corrected chi connectivity index (χ3v) is 5.08. The Balaban J connectivity index is 2.14. The molecule has 1 heterocycles. The lowest BCUT2D eigenvalue weighted by molar-refractivity contribution is -0.191. The summed E-state index contributed by atoms with van der Waals surface area (Å²) in [7, 11) is 0. The molecule has 1 aliphatic heterocycles. The smallest absolute Gasteiger partial charge is 0.287 e. The number of nitrogens with zero attached hydrogens (tertiary/aromatic N) is 1. The van der Waals surface area contributed by atoms with Crippen LogP contribution in [0.25, 0.3) is 10.8 Å². The molecule has 6 heteroatoms. The number of nitrogens with one attached hydrogen (secondary N) is 1. The summed E-state index contributed by atoms with van der Waals surface area (Å²) in [5.74, 6) is -0.395. The summed E-state index contributed by atoms with van der Waals surface area (Å²) >= 11 is 0. The van der Waals surface area contributed by atoms with Crippen LogP contribution in [0.2, 0.25) is 0 Å². The van der Waals surface area contributed by atoms with Gasteiger partial charge in [-0.3, -0.25) is 10.2 Å². The second kappa shape index (κ2) is 6.23. The maximum atomic E-state index is 14.0. The summed E-state index contributed by atoms with van der Waals surface area (Å²) in [6, 6.07) is 8.73. The monoisotopic (exact) mass is 378 g/mol. The van der Waals surface area contributed by atoms with E-state index < -0.39 is 23.5 Å². The fourth-order valence-electron chi connectivity index (χ4n) is 3.63. The van der Waals surface area contributed by atoms with Crippen LogP contribution in [-0.4, -0.2) is 23.6 Å². The lowest BCUT2D eigenvalue weighted by Gasteiger charge is -2.30. The fraction of sp³-hybridized carbons (Fsp3) is 0.476. The van der Waals surface area contributed by atoms with E-state index in [2.05, 4.69) is 5.43 Å². The molecule has 1 aliphatic rings. The molecule has 1 amide bonds. The second-order valence-electron chi connectivity index (χ2n) is 8.93. The van der Waals surface area contributed by atoms with Crippen molar-refractivity contribution >= 4 is 16.7 Å². The number of alkyl halides is 3. The molecule has 0 unspecified atom stereocenters. The van der Waals surface area contributed by atoms with Gasteiger partial charge in [-0.25, -0.2) is 5.01 Å². The molecular formula is C21H25F3N2O. The van der Waals surface area contributed by atoms with Gasteiger partial charge in [-0.1, -0.05) is 51.1 Å². The zero-order chi connectivity index (χ0) is 20.2. The van der Waals surface area contributed by atoms with Crippen LogP contribution in [0.3, 0.4) is 0 Å². The molecule has 3 nitrogen and oxygen atoms in total. The number of hydrogen-bond acceptors (Lipinski definition) is 2. The van der Waals surface area contributed by atoms with E-state index in [0.29, 0.717) is 0 Å². The zero-order valence-corrected chi connectivity index (χ0v) is 16.2. The first-order valence-corrected chi connectivity index (χ1v) is 8.98. The van der Waals surface area contributed by atoms with Gasteiger partial charge in [0.2, 0.25) is 5.91 Å². The van der Waals surface area contributed by atoms with Gasteiger partial charge in [0.05, 0.1) is 5.41 Å². The molecule has 0 radical (unpaired) electrons. The van der Waals surface area contributed by atoms with E-state index in [9.17, 15) is 18.0 Å². The predicted molar refractivity (Wildman–Crippen MR) is 100 cm³/mol. The Hall–Kier alpha value is -2.08. The molecule has 27 heavy (non-hydrogen) atoms. The normalized spacial score (nSPS) is 19.3. The van der Waals surface area contributed by atoms with Crippen molar-refractivity contribution in [2.75, 3.05) is 6.54 Å². The highest BCUT2D eigenvalue weighted by Gasteiger charge is 2.51. The molecule has 0 aromatic heterocycles. The van der Waals surface area contributed by atoms with Crippen LogP contribution in [0, 0.1) is 5.41 Å². The van der Waals surface area contributed by atoms with Gasteiger partial charge in [0.15, 0.2) is 0 Å². The Kier molecular flexibility index (Phi) is 4.54. The molecule has 0 aliphatic carbocycles. The van der Waals surface area contributed by atoms with Crippen molar-refractivity contribution < 1.29 is 18.0 Å². The number of fused-ring (bicyclic) bond motifs is 1. The van der Waals surface area contributed by atoms with Gasteiger partial charge in [0.1, 0.15) is 6.04 Å². The summed E-state index contributed by atoms with van der Waals surface area (Å²) in [4.78, 5) is 12.0. The van der Waals surface area contributed by atoms with Gasteiger partial charge < -0.3 is 0 Å². The summed E-state index contributed by atoms with van der Waals surface area (Å²) < 4.78 is 41.9. The number of carbonyl (C=O) groups excluding carboxylic acids is 1. The molecule has 2 aromatic rings. The molecule has 1 fully saturated rings. The van der Waals surface area contributed by atoms with Crippen LogP contribution in [0.5, 0.6) is 0 Å². The third-order valence-electron chi connectivity index (χ3n) is 5.08. The Morgan fingerprint density at radius 3 is 2.30 bits per heavy atom. The highest BCUT2D eigenvalue weighted by Crippen LogP contribution is 2.42. The molecule has 0 spiro atoms. The topological polar surface area (TPSA) is 32.3 Å². The van der Waals surface area contributed by atoms with Crippen LogP contribution in [0.15, 0.2) is 36.4 Å². The number of halogens is 3. The molecular weight excluding hydrogens is 353 g/mol. The van der Waals surface area contributed by atoms with Crippen LogP contribution in [-0.2, 0) is 10.2 Å². The first-order valence-electron chi connectivity index (χ1n) is 8.98. The van der Waals surface area contributed by atoms with E-state index in [-0.39, 0.29) is 17.5 Å². The van der Waals surface area contributed by atoms with Crippen molar-refractivity contribution in [3.63, 3.8) is 0 Å². The summed E-state index contributed by atoms with van der Waals surface area (Å²) in [5, 5.41) is 2.72. The molecule has 1 N–H and O–H groups in total. The van der Waals surface area contributed by atoms with Gasteiger partial charge >= 0.3 is 6.18 Å². The van der Waals surface area contributed by atoms with Gasteiger partial charge in [0, 0.05) is 6.54 Å². The Morgan fingerprint density at radius 1 is 1.11 bits per heavy atom. The van der Waals surface area contributed by atoms with Gasteiger partial charge in [-0.2, -0.15) is 13.2 Å². The number of carbonyl (C=O) groups is 1. The van der Waals surface area contributed by atoms with Crippen LogP contribution in [0.4, 0.5) is 13.2 Å². The Bertz CT molecular complexity index is 881. The zero-order valence-electron chi connectivity index (χ0n) is 16.2. The molecule has 1 saturated heterocycles. The first kappa shape index (κ1) is 19.7. The average Bonchev–Trinajstić information content (AvgIpc) is 2.77. The van der Waals surface area contributed by atoms with Crippen molar-refractivity contribution in [2.24, 2.45) is 5.41 Å². The van der Waals surface area contributed by atoms with Crippen molar-refractivity contribution in [3.05, 3.63) is 47.5 Å². The highest BCUT2D eigenvalue weighted by molar-refractivity contribution is 5.87. The Labute approximate surface area is 157 Å². The molecule has 146 valence electrons. The first-order chi connectivity index (χ1) is 12.3. The minimum Gasteiger partial charge on any atom is -0.287 e. The van der Waals surface area contributed by atoms with Crippen LogP contribution < -0.4 is 5.43 Å². The number of hydrogen-bond donors (Lipinski definition) is 1. The van der Waals surface area contributed by atoms with Crippen LogP contribution >= 0.6 is 0 Å². The van der Waals surface area contributed by atoms with Crippen LogP contribution in [0.1, 0.15) is 51.8 Å². The lowest BCUT2D eigenvalue weighted by atomic mass is 9.83. The van der Waals surface area contributed by atoms with Crippen molar-refractivity contribution in [2.45, 2.75) is 52.3 Å². The largest absolute Gasteiger partial charge is 0.409 e. The number of hydrazine groups is 1. The van der Waals surface area contributed by atoms with E-state index in [1.165, 1.54) is 6.07 Å². The van der Waals surface area contributed by atoms with Gasteiger partial charge in [-0.05, 0) is 47.2 Å². The minimum atomic E-state index is -4.52. The molecule has 0 bridgehead atoms. The van der Waals surface area contributed by atoms with Gasteiger partial charge in [-0.15, -0.1) is 0 Å². The van der Waals surface area contributed by atoms with E-state index in [4.69, 9.17) is 0 Å². The molecule has 1 atom stereocenters. The van der Waals surface area contributed by atoms with Gasteiger partial charge in [0.25, 0.3) is 0 Å². The Morgan fingerprint density at radius 2 is 1.78 bits per heavy atom. The van der Waals surface area contributed by atoms with Crippen molar-refractivity contribution in [3.8, 4) is 0 Å². The number of rotatable bonds is 2. The summed E-state index contributed by atoms with van der Waals surface area (Å²) in [6.07, 6.45) is -4.52. The average molecular weight is 378 g/mol. The van der Waals surface area contributed by atoms with E-state index in [1.54, 1.807) is 26.0 Å². The molecule has 0 saturated carbocycles. The number of amides is 1. The van der Waals surface area contributed by atoms with E-state index in [0.717, 1.165) is 21.3 Å². The molecule has 2 aromatic carbocycles. The number of benzene rings is 2. The summed E-state index contributed by atoms with van der Waals surface area (Å²) in [6.45, 7) is 9.41. The second-order valence-corrected chi connectivity index (χ2v) is 8.93. The fourth-order valence-corrected chi connectivity index (χ4v) is 3.63. The molecule has 3 rings (SSSR count). The van der Waals surface area contributed by atoms with E-state index in [1.807, 2.05) is 39.0 Å². The van der Waals surface area contributed by atoms with E-state index >= 15 is 0 Å². The summed E-state index contributed by atoms with van der Waals surface area (Å²) in [5.41, 5.74) is 2.48. The van der Waals surface area contributed by atoms with Crippen molar-refractivity contribution in [1.82, 2.24) is 10.4 Å². The predicted octanol–water partition coefficient (Wildman–Crippen LogP) is 5.11. The quantitative estimate of drug-likeness (QED) is 0.787. The lowest BCUT2D eigenvalue weighted by Crippen LogP contribution is -2.43. The third kappa shape index (κ3) is 3.68. The SMILES string of the molecule is CC1(C)CN([C@@H](c2ccc3cccc(C(C)(C)C)c3c2)C(F)(F)F)NC1=O. The maximum Gasteiger partial charge on any atom is 0.409 e.